The highest BCUT2D eigenvalue weighted by Crippen LogP contribution is 2.16. The van der Waals surface area contributed by atoms with Crippen molar-refractivity contribution in [1.82, 2.24) is 15.1 Å². The van der Waals surface area contributed by atoms with Gasteiger partial charge in [0.2, 0.25) is 0 Å². The molecule has 0 fully saturated rings. The molecule has 108 valence electrons. The highest BCUT2D eigenvalue weighted by molar-refractivity contribution is 6.30. The first-order valence-electron chi connectivity index (χ1n) is 7.00. The molecule has 1 heterocycles. The van der Waals surface area contributed by atoms with Gasteiger partial charge in [0.05, 0.1) is 11.7 Å². The number of benzene rings is 2. The number of rotatable bonds is 4. The summed E-state index contributed by atoms with van der Waals surface area (Å²) in [5.74, 6) is 0. The topological polar surface area (TPSA) is 29.9 Å². The summed E-state index contributed by atoms with van der Waals surface area (Å²) in [5.41, 5.74) is 4.92. The third-order valence-electron chi connectivity index (χ3n) is 3.76. The number of hydrogen-bond acceptors (Lipinski definition) is 2. The van der Waals surface area contributed by atoms with Crippen LogP contribution in [0.25, 0.3) is 10.9 Å². The number of fused-ring (bicyclic) bond motifs is 1. The number of halogens is 1. The van der Waals surface area contributed by atoms with Crippen LogP contribution in [0.15, 0.2) is 42.6 Å². The first-order valence-corrected chi connectivity index (χ1v) is 7.37. The van der Waals surface area contributed by atoms with Crippen molar-refractivity contribution in [3.05, 3.63) is 64.3 Å². The van der Waals surface area contributed by atoms with Gasteiger partial charge in [-0.05, 0) is 41.8 Å². The molecule has 0 bridgehead atoms. The second kappa shape index (κ2) is 5.88. The zero-order valence-electron chi connectivity index (χ0n) is 12.2. The summed E-state index contributed by atoms with van der Waals surface area (Å²) in [7, 11) is 1.97. The minimum absolute atomic E-state index is 0.790. The Hall–Kier alpha value is -1.84. The minimum atomic E-state index is 0.790. The molecular weight excluding hydrogens is 282 g/mol. The van der Waals surface area contributed by atoms with E-state index in [9.17, 15) is 0 Å². The molecule has 4 heteroatoms. The Labute approximate surface area is 129 Å². The standard InChI is InChI=1S/C17H18ClN3/c1-12-7-16(18)6-5-14(12)10-19-9-13-3-4-15-11-20-21(2)17(15)8-13/h3-8,11,19H,9-10H2,1-2H3. The summed E-state index contributed by atoms with van der Waals surface area (Å²) in [5, 5.41) is 9.72. The average Bonchev–Trinajstić information content (AvgIpc) is 2.83. The number of nitrogens with one attached hydrogen (secondary N) is 1. The van der Waals surface area contributed by atoms with Crippen LogP contribution in [0.4, 0.5) is 0 Å². The van der Waals surface area contributed by atoms with E-state index in [1.807, 2.05) is 30.1 Å². The van der Waals surface area contributed by atoms with E-state index in [1.165, 1.54) is 22.1 Å². The van der Waals surface area contributed by atoms with E-state index < -0.39 is 0 Å². The van der Waals surface area contributed by atoms with Crippen molar-refractivity contribution in [1.29, 1.82) is 0 Å². The summed E-state index contributed by atoms with van der Waals surface area (Å²) in [6.45, 7) is 3.76. The van der Waals surface area contributed by atoms with E-state index in [4.69, 9.17) is 11.6 Å². The molecule has 21 heavy (non-hydrogen) atoms. The zero-order valence-corrected chi connectivity index (χ0v) is 13.0. The normalized spacial score (nSPS) is 11.2. The summed E-state index contributed by atoms with van der Waals surface area (Å²) in [6.07, 6.45) is 1.89. The van der Waals surface area contributed by atoms with Gasteiger partial charge in [0.1, 0.15) is 0 Å². The monoisotopic (exact) mass is 299 g/mol. The Morgan fingerprint density at radius 3 is 2.81 bits per heavy atom. The van der Waals surface area contributed by atoms with E-state index in [-0.39, 0.29) is 0 Å². The largest absolute Gasteiger partial charge is 0.309 e. The molecule has 0 amide bonds. The van der Waals surface area contributed by atoms with Crippen molar-refractivity contribution < 1.29 is 0 Å². The van der Waals surface area contributed by atoms with Crippen LogP contribution in [-0.2, 0) is 20.1 Å². The highest BCUT2D eigenvalue weighted by Gasteiger charge is 2.02. The number of aromatic nitrogens is 2. The molecule has 1 N–H and O–H groups in total. The second-order valence-electron chi connectivity index (χ2n) is 5.34. The molecule has 3 rings (SSSR count). The molecule has 0 aliphatic carbocycles. The van der Waals surface area contributed by atoms with Gasteiger partial charge in [-0.2, -0.15) is 5.10 Å². The maximum atomic E-state index is 5.98. The fourth-order valence-electron chi connectivity index (χ4n) is 2.50. The molecule has 3 nitrogen and oxygen atoms in total. The van der Waals surface area contributed by atoms with Gasteiger partial charge in [-0.15, -0.1) is 0 Å². The first-order chi connectivity index (χ1) is 10.1. The molecule has 0 spiro atoms. The van der Waals surface area contributed by atoms with Crippen molar-refractivity contribution in [2.45, 2.75) is 20.0 Å². The molecule has 2 aromatic carbocycles. The number of nitrogens with zero attached hydrogens (tertiary/aromatic N) is 2. The Balaban J connectivity index is 1.67. The molecular formula is C17H18ClN3. The molecule has 0 radical (unpaired) electrons. The molecule has 0 aliphatic rings. The van der Waals surface area contributed by atoms with E-state index >= 15 is 0 Å². The molecule has 1 aromatic heterocycles. The lowest BCUT2D eigenvalue weighted by atomic mass is 10.1. The maximum Gasteiger partial charge on any atom is 0.0682 e. The fourth-order valence-corrected chi connectivity index (χ4v) is 2.73. The second-order valence-corrected chi connectivity index (χ2v) is 5.77. The third-order valence-corrected chi connectivity index (χ3v) is 4.00. The van der Waals surface area contributed by atoms with Gasteiger partial charge in [0, 0.05) is 30.5 Å². The predicted octanol–water partition coefficient (Wildman–Crippen LogP) is 3.82. The minimum Gasteiger partial charge on any atom is -0.309 e. The van der Waals surface area contributed by atoms with Crippen LogP contribution >= 0.6 is 11.6 Å². The smallest absolute Gasteiger partial charge is 0.0682 e. The third kappa shape index (κ3) is 3.09. The Bertz CT molecular complexity index is 777. The van der Waals surface area contributed by atoms with Crippen LogP contribution in [0, 0.1) is 6.92 Å². The molecule has 0 atom stereocenters. The highest BCUT2D eigenvalue weighted by atomic mass is 35.5. The van der Waals surface area contributed by atoms with Crippen molar-refractivity contribution in [2.24, 2.45) is 7.05 Å². The van der Waals surface area contributed by atoms with Gasteiger partial charge in [-0.3, -0.25) is 4.68 Å². The Morgan fingerprint density at radius 1 is 1.14 bits per heavy atom. The van der Waals surface area contributed by atoms with Gasteiger partial charge in [0.15, 0.2) is 0 Å². The molecule has 0 saturated heterocycles. The van der Waals surface area contributed by atoms with Crippen LogP contribution in [-0.4, -0.2) is 9.78 Å². The van der Waals surface area contributed by atoms with Crippen LogP contribution in [0.5, 0.6) is 0 Å². The van der Waals surface area contributed by atoms with Crippen LogP contribution in [0.1, 0.15) is 16.7 Å². The SMILES string of the molecule is Cc1cc(Cl)ccc1CNCc1ccc2cnn(C)c2c1. The van der Waals surface area contributed by atoms with Crippen molar-refractivity contribution in [3.63, 3.8) is 0 Å². The summed E-state index contributed by atoms with van der Waals surface area (Å²) < 4.78 is 1.90. The summed E-state index contributed by atoms with van der Waals surface area (Å²) >= 11 is 5.98. The molecule has 0 aliphatic heterocycles. The Morgan fingerprint density at radius 2 is 2.00 bits per heavy atom. The van der Waals surface area contributed by atoms with Crippen molar-refractivity contribution in [2.75, 3.05) is 0 Å². The summed E-state index contributed by atoms with van der Waals surface area (Å²) in [6, 6.07) is 12.5. The lowest BCUT2D eigenvalue weighted by Crippen LogP contribution is -2.13. The molecule has 0 unspecified atom stereocenters. The quantitative estimate of drug-likeness (QED) is 0.793. The number of aryl methyl sites for hydroxylation is 2. The van der Waals surface area contributed by atoms with E-state index in [1.54, 1.807) is 0 Å². The lowest BCUT2D eigenvalue weighted by Gasteiger charge is -2.09. The average molecular weight is 300 g/mol. The van der Waals surface area contributed by atoms with Gasteiger partial charge in [0.25, 0.3) is 0 Å². The predicted molar refractivity (Wildman–Crippen MR) is 87.4 cm³/mol. The van der Waals surface area contributed by atoms with Crippen molar-refractivity contribution in [3.8, 4) is 0 Å². The van der Waals surface area contributed by atoms with Crippen LogP contribution in [0.3, 0.4) is 0 Å². The molecule has 0 saturated carbocycles. The summed E-state index contributed by atoms with van der Waals surface area (Å²) in [4.78, 5) is 0. The van der Waals surface area contributed by atoms with Gasteiger partial charge in [-0.1, -0.05) is 29.8 Å². The van der Waals surface area contributed by atoms with Crippen molar-refractivity contribution >= 4 is 22.5 Å². The van der Waals surface area contributed by atoms with Gasteiger partial charge in [-0.25, -0.2) is 0 Å². The first kappa shape index (κ1) is 14.1. The van der Waals surface area contributed by atoms with E-state index in [0.29, 0.717) is 0 Å². The lowest BCUT2D eigenvalue weighted by molar-refractivity contribution is 0.690. The van der Waals surface area contributed by atoms with Crippen LogP contribution in [0.2, 0.25) is 5.02 Å². The zero-order chi connectivity index (χ0) is 14.8. The van der Waals surface area contributed by atoms with E-state index in [0.717, 1.165) is 23.6 Å². The Kier molecular flexibility index (Phi) is 3.95. The van der Waals surface area contributed by atoms with Crippen LogP contribution < -0.4 is 5.32 Å². The number of hydrogen-bond donors (Lipinski definition) is 1. The molecule has 3 aromatic rings. The fraction of sp³-hybridized carbons (Fsp3) is 0.235. The van der Waals surface area contributed by atoms with Gasteiger partial charge < -0.3 is 5.32 Å². The van der Waals surface area contributed by atoms with Gasteiger partial charge >= 0.3 is 0 Å². The van der Waals surface area contributed by atoms with E-state index in [2.05, 4.69) is 41.6 Å². The maximum absolute atomic E-state index is 5.98.